The van der Waals surface area contributed by atoms with Crippen LogP contribution in [0.1, 0.15) is 0 Å². The van der Waals surface area contributed by atoms with Crippen molar-refractivity contribution in [1.82, 2.24) is 15.0 Å². The fourth-order valence-electron chi connectivity index (χ4n) is 2.15. The fourth-order valence-corrected chi connectivity index (χ4v) is 2.51. The number of pyridine rings is 1. The molecule has 0 aliphatic rings. The number of nitrogens with two attached hydrogens (primary N) is 1. The van der Waals surface area contributed by atoms with E-state index in [1.165, 1.54) is 12.4 Å². The Morgan fingerprint density at radius 2 is 1.96 bits per heavy atom. The highest BCUT2D eigenvalue weighted by Crippen LogP contribution is 2.14. The van der Waals surface area contributed by atoms with Gasteiger partial charge in [0.15, 0.2) is 5.43 Å². The first-order valence-corrected chi connectivity index (χ1v) is 7.65. The SMILES string of the molecule is Nc1ccc2ncncc2c1.O=c1cc[nH]c2ccc(Br)cc12. The average molecular weight is 369 g/mol. The molecule has 0 saturated carbocycles. The van der Waals surface area contributed by atoms with Gasteiger partial charge in [-0.25, -0.2) is 9.97 Å². The summed E-state index contributed by atoms with van der Waals surface area (Å²) >= 11 is 3.31. The van der Waals surface area contributed by atoms with Gasteiger partial charge in [-0.05, 0) is 36.4 Å². The second kappa shape index (κ2) is 6.58. The van der Waals surface area contributed by atoms with Crippen LogP contribution in [-0.2, 0) is 0 Å². The van der Waals surface area contributed by atoms with Gasteiger partial charge in [-0.15, -0.1) is 0 Å². The Balaban J connectivity index is 0.000000136. The van der Waals surface area contributed by atoms with Crippen LogP contribution in [0.4, 0.5) is 5.69 Å². The van der Waals surface area contributed by atoms with E-state index in [1.807, 2.05) is 36.4 Å². The molecule has 0 radical (unpaired) electrons. The van der Waals surface area contributed by atoms with E-state index in [-0.39, 0.29) is 5.43 Å². The fraction of sp³-hybridized carbons (Fsp3) is 0. The van der Waals surface area contributed by atoms with Gasteiger partial charge in [0.2, 0.25) is 0 Å². The summed E-state index contributed by atoms with van der Waals surface area (Å²) in [6.07, 6.45) is 4.93. The van der Waals surface area contributed by atoms with Crippen molar-refractivity contribution in [2.75, 3.05) is 5.73 Å². The van der Waals surface area contributed by atoms with Crippen LogP contribution in [0, 0.1) is 0 Å². The highest BCUT2D eigenvalue weighted by molar-refractivity contribution is 9.10. The van der Waals surface area contributed by atoms with E-state index in [0.717, 1.165) is 26.6 Å². The monoisotopic (exact) mass is 368 g/mol. The third-order valence-corrected chi connectivity index (χ3v) is 3.74. The van der Waals surface area contributed by atoms with Crippen LogP contribution in [0.5, 0.6) is 0 Å². The molecular weight excluding hydrogens is 356 g/mol. The minimum absolute atomic E-state index is 0.0463. The molecule has 4 rings (SSSR count). The predicted molar refractivity (Wildman–Crippen MR) is 96.2 cm³/mol. The smallest absolute Gasteiger partial charge is 0.189 e. The number of anilines is 1. The van der Waals surface area contributed by atoms with Gasteiger partial charge in [0.25, 0.3) is 0 Å². The summed E-state index contributed by atoms with van der Waals surface area (Å²) in [5, 5.41) is 1.69. The molecule has 114 valence electrons. The number of nitrogens with one attached hydrogen (secondary N) is 1. The molecule has 3 N–H and O–H groups in total. The molecule has 0 saturated heterocycles. The van der Waals surface area contributed by atoms with Crippen LogP contribution in [0.25, 0.3) is 21.8 Å². The summed E-state index contributed by atoms with van der Waals surface area (Å²) in [4.78, 5) is 22.2. The minimum atomic E-state index is 0.0463. The maximum Gasteiger partial charge on any atom is 0.189 e. The molecule has 2 aromatic heterocycles. The summed E-state index contributed by atoms with van der Waals surface area (Å²) in [6.45, 7) is 0. The molecule has 2 heterocycles. The third kappa shape index (κ3) is 3.54. The number of benzene rings is 2. The van der Waals surface area contributed by atoms with Crippen LogP contribution in [0.3, 0.4) is 0 Å². The normalized spacial score (nSPS) is 10.3. The van der Waals surface area contributed by atoms with Crippen molar-refractivity contribution in [1.29, 1.82) is 0 Å². The maximum atomic E-state index is 11.3. The lowest BCUT2D eigenvalue weighted by molar-refractivity contribution is 1.22. The highest BCUT2D eigenvalue weighted by atomic mass is 79.9. The summed E-state index contributed by atoms with van der Waals surface area (Å²) in [5.41, 5.74) is 8.15. The highest BCUT2D eigenvalue weighted by Gasteiger charge is 1.96. The van der Waals surface area contributed by atoms with Crippen molar-refractivity contribution in [3.05, 3.63) is 75.9 Å². The molecular formula is C17H13BrN4O. The van der Waals surface area contributed by atoms with E-state index in [9.17, 15) is 4.79 Å². The van der Waals surface area contributed by atoms with Gasteiger partial charge >= 0.3 is 0 Å². The Labute approximate surface area is 140 Å². The summed E-state index contributed by atoms with van der Waals surface area (Å²) in [5.74, 6) is 0. The molecule has 4 aromatic rings. The molecule has 6 heteroatoms. The van der Waals surface area contributed by atoms with Gasteiger partial charge in [-0.1, -0.05) is 15.9 Å². The molecule has 0 atom stereocenters. The average Bonchev–Trinajstić information content (AvgIpc) is 2.56. The van der Waals surface area contributed by atoms with Gasteiger partial charge in [0.1, 0.15) is 6.33 Å². The predicted octanol–water partition coefficient (Wildman–Crippen LogP) is 3.50. The largest absolute Gasteiger partial charge is 0.399 e. The second-order valence-electron chi connectivity index (χ2n) is 4.87. The van der Waals surface area contributed by atoms with E-state index in [4.69, 9.17) is 5.73 Å². The van der Waals surface area contributed by atoms with Gasteiger partial charge in [-0.2, -0.15) is 0 Å². The quantitative estimate of drug-likeness (QED) is 0.465. The van der Waals surface area contributed by atoms with Crippen molar-refractivity contribution < 1.29 is 0 Å². The van der Waals surface area contributed by atoms with Gasteiger partial charge in [-0.3, -0.25) is 4.79 Å². The number of halogens is 1. The molecule has 23 heavy (non-hydrogen) atoms. The van der Waals surface area contributed by atoms with Crippen molar-refractivity contribution in [3.63, 3.8) is 0 Å². The van der Waals surface area contributed by atoms with Gasteiger partial charge < -0.3 is 10.7 Å². The molecule has 0 unspecified atom stereocenters. The number of hydrogen-bond donors (Lipinski definition) is 2. The second-order valence-corrected chi connectivity index (χ2v) is 5.79. The van der Waals surface area contributed by atoms with Crippen molar-refractivity contribution >= 4 is 43.4 Å². The lowest BCUT2D eigenvalue weighted by Gasteiger charge is -1.95. The third-order valence-electron chi connectivity index (χ3n) is 3.25. The molecule has 0 amide bonds. The van der Waals surface area contributed by atoms with Crippen LogP contribution >= 0.6 is 15.9 Å². The zero-order valence-electron chi connectivity index (χ0n) is 12.0. The number of fused-ring (bicyclic) bond motifs is 2. The number of rotatable bonds is 0. The van der Waals surface area contributed by atoms with E-state index in [1.54, 1.807) is 12.4 Å². The molecule has 0 aliphatic carbocycles. The van der Waals surface area contributed by atoms with Gasteiger partial charge in [0.05, 0.1) is 5.52 Å². The summed E-state index contributed by atoms with van der Waals surface area (Å²) in [6, 6.07) is 12.7. The first kappa shape index (κ1) is 15.2. The molecule has 0 spiro atoms. The summed E-state index contributed by atoms with van der Waals surface area (Å²) < 4.78 is 0.923. The first-order valence-electron chi connectivity index (χ1n) is 6.86. The number of nitrogen functional groups attached to an aromatic ring is 1. The van der Waals surface area contributed by atoms with Gasteiger partial charge in [0, 0.05) is 44.9 Å². The number of nitrogens with zero attached hydrogens (tertiary/aromatic N) is 2. The number of aromatic nitrogens is 3. The topological polar surface area (TPSA) is 84.7 Å². The zero-order chi connectivity index (χ0) is 16.2. The van der Waals surface area contributed by atoms with Crippen LogP contribution < -0.4 is 11.2 Å². The van der Waals surface area contributed by atoms with Crippen LogP contribution in [0.2, 0.25) is 0 Å². The van der Waals surface area contributed by atoms with E-state index in [2.05, 4.69) is 30.9 Å². The number of aromatic amines is 1. The Kier molecular flexibility index (Phi) is 4.34. The Hall–Kier alpha value is -2.73. The lowest BCUT2D eigenvalue weighted by atomic mass is 10.2. The van der Waals surface area contributed by atoms with Crippen LogP contribution in [-0.4, -0.2) is 15.0 Å². The molecule has 5 nitrogen and oxygen atoms in total. The number of H-pyrrole nitrogens is 1. The Bertz CT molecular complexity index is 1030. The standard InChI is InChI=1S/C9H6BrNO.C8H7N3/c10-6-1-2-8-7(5-6)9(12)3-4-11-8;9-7-1-2-8-6(3-7)4-10-5-11-8/h1-5H,(H,11,12);1-5H,9H2. The zero-order valence-corrected chi connectivity index (χ0v) is 13.6. The van der Waals surface area contributed by atoms with E-state index < -0.39 is 0 Å². The Morgan fingerprint density at radius 1 is 1.09 bits per heavy atom. The maximum absolute atomic E-state index is 11.3. The first-order chi connectivity index (χ1) is 11.1. The molecule has 0 fully saturated rings. The molecule has 0 bridgehead atoms. The summed E-state index contributed by atoms with van der Waals surface area (Å²) in [7, 11) is 0. The van der Waals surface area contributed by atoms with Crippen molar-refractivity contribution in [3.8, 4) is 0 Å². The van der Waals surface area contributed by atoms with Crippen molar-refractivity contribution in [2.24, 2.45) is 0 Å². The molecule has 0 aliphatic heterocycles. The number of hydrogen-bond acceptors (Lipinski definition) is 4. The van der Waals surface area contributed by atoms with Crippen molar-refractivity contribution in [2.45, 2.75) is 0 Å². The molecule has 2 aromatic carbocycles. The Morgan fingerprint density at radius 3 is 2.83 bits per heavy atom. The minimum Gasteiger partial charge on any atom is -0.399 e. The van der Waals surface area contributed by atoms with Crippen LogP contribution in [0.15, 0.2) is 70.5 Å². The lowest BCUT2D eigenvalue weighted by Crippen LogP contribution is -1.99. The van der Waals surface area contributed by atoms with E-state index >= 15 is 0 Å². The van der Waals surface area contributed by atoms with E-state index in [0.29, 0.717) is 5.39 Å².